The van der Waals surface area contributed by atoms with Gasteiger partial charge in [-0.15, -0.1) is 0 Å². The number of esters is 1. The SMILES string of the molecule is COC(=O)COc1c(C)cc(SC#N)c2c1CCCO2. The number of carbonyl (C=O) groups is 1. The maximum absolute atomic E-state index is 11.2. The number of benzene rings is 1. The van der Waals surface area contributed by atoms with Crippen LogP contribution in [0.25, 0.3) is 0 Å². The number of fused-ring (bicyclic) bond motifs is 1. The number of nitrogens with zero attached hydrogens (tertiary/aromatic N) is 1. The van der Waals surface area contributed by atoms with Crippen LogP contribution in [0.5, 0.6) is 11.5 Å². The molecule has 0 spiro atoms. The van der Waals surface area contributed by atoms with Crippen LogP contribution in [-0.2, 0) is 16.0 Å². The molecule has 1 aliphatic heterocycles. The van der Waals surface area contributed by atoms with E-state index >= 15 is 0 Å². The van der Waals surface area contributed by atoms with Crippen molar-refractivity contribution in [3.05, 3.63) is 17.2 Å². The van der Waals surface area contributed by atoms with Crippen molar-refractivity contribution in [3.63, 3.8) is 0 Å². The van der Waals surface area contributed by atoms with Crippen molar-refractivity contribution in [2.24, 2.45) is 0 Å². The van der Waals surface area contributed by atoms with Gasteiger partial charge < -0.3 is 14.2 Å². The van der Waals surface area contributed by atoms with Gasteiger partial charge in [-0.3, -0.25) is 0 Å². The molecule has 0 N–H and O–H groups in total. The first-order chi connectivity index (χ1) is 9.67. The summed E-state index contributed by atoms with van der Waals surface area (Å²) in [6.45, 7) is 2.39. The summed E-state index contributed by atoms with van der Waals surface area (Å²) >= 11 is 1.08. The highest BCUT2D eigenvalue weighted by Gasteiger charge is 2.22. The Kier molecular flexibility index (Phi) is 4.74. The molecule has 0 amide bonds. The molecule has 0 atom stereocenters. The second-order valence-electron chi connectivity index (χ2n) is 4.34. The van der Waals surface area contributed by atoms with Gasteiger partial charge in [0.15, 0.2) is 6.61 Å². The highest BCUT2D eigenvalue weighted by molar-refractivity contribution is 8.03. The topological polar surface area (TPSA) is 68.5 Å². The van der Waals surface area contributed by atoms with Gasteiger partial charge in [0.05, 0.1) is 18.6 Å². The highest BCUT2D eigenvalue weighted by atomic mass is 32.2. The minimum absolute atomic E-state index is 0.130. The second-order valence-corrected chi connectivity index (χ2v) is 5.17. The van der Waals surface area contributed by atoms with Gasteiger partial charge in [0.1, 0.15) is 16.9 Å². The third kappa shape index (κ3) is 2.99. The number of thiocyanates is 1. The molecule has 1 aromatic rings. The fourth-order valence-corrected chi connectivity index (χ4v) is 2.75. The molecule has 106 valence electrons. The van der Waals surface area contributed by atoms with Crippen LogP contribution in [0, 0.1) is 17.6 Å². The minimum atomic E-state index is -0.426. The number of rotatable bonds is 4. The van der Waals surface area contributed by atoms with Crippen LogP contribution in [0.1, 0.15) is 17.5 Å². The zero-order valence-electron chi connectivity index (χ0n) is 11.4. The Bertz CT molecular complexity index is 565. The van der Waals surface area contributed by atoms with Gasteiger partial charge in [0.2, 0.25) is 0 Å². The highest BCUT2D eigenvalue weighted by Crippen LogP contribution is 2.42. The number of aryl methyl sites for hydroxylation is 1. The van der Waals surface area contributed by atoms with Crippen LogP contribution in [-0.4, -0.2) is 26.3 Å². The number of thioether (sulfide) groups is 1. The Morgan fingerprint density at radius 3 is 3.10 bits per heavy atom. The van der Waals surface area contributed by atoms with Crippen molar-refractivity contribution in [1.82, 2.24) is 0 Å². The van der Waals surface area contributed by atoms with Crippen molar-refractivity contribution in [2.75, 3.05) is 20.3 Å². The number of nitriles is 1. The van der Waals surface area contributed by atoms with E-state index in [4.69, 9.17) is 14.7 Å². The summed E-state index contributed by atoms with van der Waals surface area (Å²) in [5.41, 5.74) is 1.81. The predicted molar refractivity (Wildman–Crippen MR) is 74.0 cm³/mol. The molecule has 0 saturated heterocycles. The van der Waals surface area contributed by atoms with E-state index in [1.165, 1.54) is 7.11 Å². The van der Waals surface area contributed by atoms with Gasteiger partial charge in [-0.05, 0) is 43.2 Å². The first-order valence-corrected chi connectivity index (χ1v) is 7.03. The van der Waals surface area contributed by atoms with Crippen molar-refractivity contribution in [1.29, 1.82) is 5.26 Å². The van der Waals surface area contributed by atoms with Crippen LogP contribution in [0.15, 0.2) is 11.0 Å². The Morgan fingerprint density at radius 2 is 2.40 bits per heavy atom. The predicted octanol–water partition coefficient (Wildman–Crippen LogP) is 2.45. The van der Waals surface area contributed by atoms with Gasteiger partial charge in [0, 0.05) is 5.56 Å². The van der Waals surface area contributed by atoms with Crippen LogP contribution in [0.2, 0.25) is 0 Å². The zero-order chi connectivity index (χ0) is 14.5. The molecule has 1 aliphatic rings. The summed E-state index contributed by atoms with van der Waals surface area (Å²) in [4.78, 5) is 12.0. The number of hydrogen-bond acceptors (Lipinski definition) is 6. The van der Waals surface area contributed by atoms with E-state index in [0.29, 0.717) is 18.1 Å². The normalized spacial score (nSPS) is 12.8. The molecule has 0 aromatic heterocycles. The van der Waals surface area contributed by atoms with Gasteiger partial charge >= 0.3 is 5.97 Å². The molecular formula is C14H15NO4S. The van der Waals surface area contributed by atoms with Crippen molar-refractivity contribution in [2.45, 2.75) is 24.7 Å². The van der Waals surface area contributed by atoms with Crippen LogP contribution >= 0.6 is 11.8 Å². The van der Waals surface area contributed by atoms with Crippen molar-refractivity contribution >= 4 is 17.7 Å². The number of methoxy groups -OCH3 is 1. The molecule has 0 unspecified atom stereocenters. The lowest BCUT2D eigenvalue weighted by molar-refractivity contribution is -0.142. The third-order valence-corrected chi connectivity index (χ3v) is 3.63. The summed E-state index contributed by atoms with van der Waals surface area (Å²) < 4.78 is 15.8. The van der Waals surface area contributed by atoms with E-state index in [9.17, 15) is 4.79 Å². The fourth-order valence-electron chi connectivity index (χ4n) is 2.14. The summed E-state index contributed by atoms with van der Waals surface area (Å²) in [5, 5.41) is 10.9. The third-order valence-electron chi connectivity index (χ3n) is 3.01. The molecule has 5 nitrogen and oxygen atoms in total. The van der Waals surface area contributed by atoms with Gasteiger partial charge in [-0.2, -0.15) is 5.26 Å². The molecule has 1 heterocycles. The van der Waals surface area contributed by atoms with Crippen LogP contribution in [0.4, 0.5) is 0 Å². The van der Waals surface area contributed by atoms with E-state index in [0.717, 1.165) is 40.6 Å². The lowest BCUT2D eigenvalue weighted by Crippen LogP contribution is -2.16. The molecule has 0 saturated carbocycles. The molecule has 20 heavy (non-hydrogen) atoms. The van der Waals surface area contributed by atoms with Crippen LogP contribution < -0.4 is 9.47 Å². The summed E-state index contributed by atoms with van der Waals surface area (Å²) in [6.07, 6.45) is 1.70. The van der Waals surface area contributed by atoms with Gasteiger partial charge in [-0.1, -0.05) is 0 Å². The van der Waals surface area contributed by atoms with Gasteiger partial charge in [-0.25, -0.2) is 4.79 Å². The van der Waals surface area contributed by atoms with E-state index in [2.05, 4.69) is 10.1 Å². The first-order valence-electron chi connectivity index (χ1n) is 6.22. The molecule has 1 aromatic carbocycles. The molecule has 0 radical (unpaired) electrons. The van der Waals surface area contributed by atoms with Gasteiger partial charge in [0.25, 0.3) is 0 Å². The largest absolute Gasteiger partial charge is 0.492 e. The zero-order valence-corrected chi connectivity index (χ0v) is 12.2. The first kappa shape index (κ1) is 14.5. The second kappa shape index (κ2) is 6.53. The maximum Gasteiger partial charge on any atom is 0.343 e. The number of carbonyl (C=O) groups excluding carboxylic acids is 1. The molecule has 2 rings (SSSR count). The summed E-state index contributed by atoms with van der Waals surface area (Å²) in [7, 11) is 1.32. The Balaban J connectivity index is 2.36. The lowest BCUT2D eigenvalue weighted by atomic mass is 10.0. The fraction of sp³-hybridized carbons (Fsp3) is 0.429. The standard InChI is InChI=1S/C14H15NO4S/c1-9-6-11(20-8-15)14-10(4-3-5-18-14)13(9)19-7-12(16)17-2/h6H,3-5,7H2,1-2H3. The molecule has 0 fully saturated rings. The van der Waals surface area contributed by atoms with E-state index < -0.39 is 5.97 Å². The molecular weight excluding hydrogens is 278 g/mol. The van der Waals surface area contributed by atoms with E-state index in [1.54, 1.807) is 0 Å². The molecule has 0 aliphatic carbocycles. The average Bonchev–Trinajstić information content (AvgIpc) is 2.46. The minimum Gasteiger partial charge on any atom is -0.492 e. The van der Waals surface area contributed by atoms with Crippen molar-refractivity contribution < 1.29 is 19.0 Å². The Labute approximate surface area is 121 Å². The van der Waals surface area contributed by atoms with Crippen LogP contribution in [0.3, 0.4) is 0 Å². The molecule has 6 heteroatoms. The monoisotopic (exact) mass is 293 g/mol. The average molecular weight is 293 g/mol. The summed E-state index contributed by atoms with van der Waals surface area (Å²) in [5.74, 6) is 0.936. The number of hydrogen-bond donors (Lipinski definition) is 0. The van der Waals surface area contributed by atoms with E-state index in [-0.39, 0.29) is 6.61 Å². The van der Waals surface area contributed by atoms with Crippen molar-refractivity contribution in [3.8, 4) is 16.9 Å². The number of ether oxygens (including phenoxy) is 3. The molecule has 0 bridgehead atoms. The summed E-state index contributed by atoms with van der Waals surface area (Å²) in [6, 6.07) is 1.85. The maximum atomic E-state index is 11.2. The Morgan fingerprint density at radius 1 is 1.60 bits per heavy atom. The Hall–Kier alpha value is -1.87. The smallest absolute Gasteiger partial charge is 0.343 e. The van der Waals surface area contributed by atoms with E-state index in [1.807, 2.05) is 13.0 Å². The lowest BCUT2D eigenvalue weighted by Gasteiger charge is -2.23. The quantitative estimate of drug-likeness (QED) is 0.482.